The Morgan fingerprint density at radius 3 is 1.42 bits per heavy atom. The minimum absolute atomic E-state index is 0.00282. The van der Waals surface area contributed by atoms with Crippen LogP contribution in [0.5, 0.6) is 0 Å². The highest BCUT2D eigenvalue weighted by Gasteiger charge is 2.42. The molecule has 4 heterocycles. The van der Waals surface area contributed by atoms with Crippen molar-refractivity contribution in [3.8, 4) is 33.6 Å². The second-order valence-electron chi connectivity index (χ2n) is 15.4. The van der Waals surface area contributed by atoms with Crippen LogP contribution in [0.1, 0.15) is 91.0 Å². The summed E-state index contributed by atoms with van der Waals surface area (Å²) in [5.74, 6) is 0.698. The van der Waals surface area contributed by atoms with Gasteiger partial charge in [0.1, 0.15) is 23.7 Å². The van der Waals surface area contributed by atoms with Crippen LogP contribution in [0, 0.1) is 11.8 Å². The van der Waals surface area contributed by atoms with Gasteiger partial charge in [0.2, 0.25) is 11.8 Å². The smallest absolute Gasteiger partial charge is 0.407 e. The Hall–Kier alpha value is -5.66. The number of nitrogens with zero attached hydrogens (tertiary/aromatic N) is 4. The van der Waals surface area contributed by atoms with Crippen molar-refractivity contribution in [3.63, 3.8) is 0 Å². The third-order valence-corrected chi connectivity index (χ3v) is 11.0. The Balaban J connectivity index is 1.13. The lowest BCUT2D eigenvalue weighted by Gasteiger charge is -2.32. The van der Waals surface area contributed by atoms with E-state index in [9.17, 15) is 24.3 Å². The number of rotatable bonds is 11. The van der Waals surface area contributed by atoms with Gasteiger partial charge in [-0.25, -0.2) is 19.6 Å². The molecule has 4 aromatic rings. The highest BCUT2D eigenvalue weighted by Crippen LogP contribution is 2.38. The summed E-state index contributed by atoms with van der Waals surface area (Å²) in [6.45, 7) is 11.5. The van der Waals surface area contributed by atoms with Gasteiger partial charge in [0, 0.05) is 35.6 Å². The number of hydrogen-bond acceptors (Lipinski definition) is 7. The fraction of sp³-hybridized carbons (Fsp3) is 0.463. The van der Waals surface area contributed by atoms with E-state index in [2.05, 4.69) is 44.9 Å². The number of aromatic amines is 2. The summed E-state index contributed by atoms with van der Waals surface area (Å²) in [6.07, 6.45) is 5.00. The van der Waals surface area contributed by atoms with Gasteiger partial charge in [-0.15, -0.1) is 0 Å². The molecule has 55 heavy (non-hydrogen) atoms. The molecule has 6 rings (SSSR count). The average Bonchev–Trinajstić information content (AvgIpc) is 3.99. The summed E-state index contributed by atoms with van der Waals surface area (Å²) in [5.41, 5.74) is 5.49. The lowest BCUT2D eigenvalue weighted by Crippen LogP contribution is -2.52. The Bertz CT molecular complexity index is 1990. The lowest BCUT2D eigenvalue weighted by atomic mass is 10.0. The van der Waals surface area contributed by atoms with Crippen molar-refractivity contribution in [3.05, 3.63) is 72.6 Å². The van der Waals surface area contributed by atoms with Gasteiger partial charge in [-0.3, -0.25) is 9.59 Å². The zero-order valence-corrected chi connectivity index (χ0v) is 32.5. The number of hydrogen-bond donors (Lipinski definition) is 5. The van der Waals surface area contributed by atoms with E-state index < -0.39 is 24.3 Å². The molecule has 0 spiro atoms. The molecule has 2 aromatic heterocycles. The van der Waals surface area contributed by atoms with Gasteiger partial charge < -0.3 is 40.2 Å². The first-order valence-corrected chi connectivity index (χ1v) is 19.1. The molecule has 14 nitrogen and oxygen atoms in total. The molecule has 0 radical (unpaired) electrons. The van der Waals surface area contributed by atoms with Gasteiger partial charge in [0.25, 0.3) is 0 Å². The monoisotopic (exact) mass is 752 g/mol. The van der Waals surface area contributed by atoms with Crippen LogP contribution in [0.15, 0.2) is 60.9 Å². The standard InChI is InChI=1S/C41H52N8O6/c1-22(2)34(46-40(52)53)38(50)48-24(5)8-18-32(48)36-42-20-30(44-36)28-14-10-26(11-15-28)27-12-16-29(17-13-27)31-21-43-37(45-31)33-19-9-25(6)49(33)39(51)35(23(3)4)47-41(54)55-7/h10-17,20-25,32-35,46H,8-9,18-19H2,1-7H3,(H,42,44)(H,43,45)(H,47,54)(H,52,53)/t24-,25-,32+,33-,34+,35+/m0/s1. The maximum absolute atomic E-state index is 13.7. The summed E-state index contributed by atoms with van der Waals surface area (Å²) < 4.78 is 4.77. The first-order valence-electron chi connectivity index (χ1n) is 19.1. The molecule has 2 aliphatic heterocycles. The third kappa shape index (κ3) is 8.23. The van der Waals surface area contributed by atoms with E-state index in [1.807, 2.05) is 83.1 Å². The Labute approximate surface area is 321 Å². The molecule has 4 amide bonds. The average molecular weight is 753 g/mol. The van der Waals surface area contributed by atoms with Crippen molar-refractivity contribution in [2.24, 2.45) is 11.8 Å². The first kappa shape index (κ1) is 39.0. The number of alkyl carbamates (subject to hydrolysis) is 1. The maximum atomic E-state index is 13.7. The zero-order chi connectivity index (χ0) is 39.6. The number of imidazole rings is 2. The summed E-state index contributed by atoms with van der Waals surface area (Å²) in [5, 5.41) is 14.5. The fourth-order valence-corrected chi connectivity index (χ4v) is 7.89. The molecule has 2 aromatic carbocycles. The van der Waals surface area contributed by atoms with Crippen molar-refractivity contribution in [1.29, 1.82) is 0 Å². The van der Waals surface area contributed by atoms with Crippen molar-refractivity contribution in [2.45, 2.75) is 103 Å². The van der Waals surface area contributed by atoms with Crippen LogP contribution in [-0.2, 0) is 14.3 Å². The van der Waals surface area contributed by atoms with Crippen LogP contribution >= 0.6 is 0 Å². The molecule has 0 unspecified atom stereocenters. The molecule has 6 atom stereocenters. The number of ether oxygens (including phenoxy) is 1. The molecule has 292 valence electrons. The number of amides is 4. The zero-order valence-electron chi connectivity index (χ0n) is 32.5. The Morgan fingerprint density at radius 1 is 0.673 bits per heavy atom. The second kappa shape index (κ2) is 16.4. The topological polar surface area (TPSA) is 186 Å². The van der Waals surface area contributed by atoms with Gasteiger partial charge >= 0.3 is 12.2 Å². The molecular weight excluding hydrogens is 701 g/mol. The molecular formula is C41H52N8O6. The van der Waals surface area contributed by atoms with E-state index in [0.717, 1.165) is 59.3 Å². The van der Waals surface area contributed by atoms with E-state index in [4.69, 9.17) is 14.7 Å². The number of methoxy groups -OCH3 is 1. The van der Waals surface area contributed by atoms with Gasteiger partial charge in [-0.2, -0.15) is 0 Å². The van der Waals surface area contributed by atoms with E-state index >= 15 is 0 Å². The largest absolute Gasteiger partial charge is 0.465 e. The minimum atomic E-state index is -1.22. The number of carbonyl (C=O) groups excluding carboxylic acids is 3. The number of aromatic nitrogens is 4. The quantitative estimate of drug-likeness (QED) is 0.109. The fourth-order valence-electron chi connectivity index (χ4n) is 7.89. The van der Waals surface area contributed by atoms with Gasteiger partial charge in [0.05, 0.1) is 30.6 Å². The number of carbonyl (C=O) groups is 4. The predicted molar refractivity (Wildman–Crippen MR) is 208 cm³/mol. The normalized spacial score (nSPS) is 20.8. The highest BCUT2D eigenvalue weighted by molar-refractivity contribution is 5.87. The molecule has 2 aliphatic rings. The van der Waals surface area contributed by atoms with Crippen molar-refractivity contribution < 1.29 is 29.0 Å². The third-order valence-electron chi connectivity index (χ3n) is 11.0. The van der Waals surface area contributed by atoms with Crippen LogP contribution in [0.4, 0.5) is 9.59 Å². The SMILES string of the molecule is COC(=O)N[C@@H](C(=O)N1[C@@H](C)CC[C@H]1c1nc(-c2ccc(-c3ccc(-c4c[nH]c([C@H]5CC[C@H](C)N5C(=O)[C@H](NC(=O)O)C(C)C)n4)cc3)cc2)c[nH]1)C(C)C. The van der Waals surface area contributed by atoms with Crippen LogP contribution < -0.4 is 10.6 Å². The molecule has 0 saturated carbocycles. The highest BCUT2D eigenvalue weighted by atomic mass is 16.5. The van der Waals surface area contributed by atoms with Crippen LogP contribution in [0.2, 0.25) is 0 Å². The number of carboxylic acid groups (broad SMARTS) is 1. The molecule has 2 saturated heterocycles. The first-order chi connectivity index (χ1) is 26.3. The van der Waals surface area contributed by atoms with E-state index in [-0.39, 0.29) is 47.8 Å². The molecule has 5 N–H and O–H groups in total. The van der Waals surface area contributed by atoms with Gasteiger partial charge in [-0.1, -0.05) is 76.2 Å². The predicted octanol–water partition coefficient (Wildman–Crippen LogP) is 6.91. The number of nitrogens with one attached hydrogen (secondary N) is 4. The van der Waals surface area contributed by atoms with E-state index in [0.29, 0.717) is 11.6 Å². The van der Waals surface area contributed by atoms with Crippen molar-refractivity contribution in [2.75, 3.05) is 7.11 Å². The molecule has 2 fully saturated rings. The molecule has 0 aliphatic carbocycles. The Morgan fingerprint density at radius 2 is 1.05 bits per heavy atom. The van der Waals surface area contributed by atoms with Crippen LogP contribution in [0.3, 0.4) is 0 Å². The molecule has 14 heteroatoms. The summed E-state index contributed by atoms with van der Waals surface area (Å²) >= 11 is 0. The lowest BCUT2D eigenvalue weighted by molar-refractivity contribution is -0.138. The van der Waals surface area contributed by atoms with Crippen molar-refractivity contribution >= 4 is 24.0 Å². The number of likely N-dealkylation sites (tertiary alicyclic amines) is 2. The van der Waals surface area contributed by atoms with Gasteiger partial charge in [-0.05, 0) is 62.5 Å². The second-order valence-corrected chi connectivity index (χ2v) is 15.4. The molecule has 0 bridgehead atoms. The van der Waals surface area contributed by atoms with Crippen LogP contribution in [0.25, 0.3) is 33.6 Å². The maximum Gasteiger partial charge on any atom is 0.407 e. The minimum Gasteiger partial charge on any atom is -0.465 e. The van der Waals surface area contributed by atoms with Crippen molar-refractivity contribution in [1.82, 2.24) is 40.4 Å². The summed E-state index contributed by atoms with van der Waals surface area (Å²) in [6, 6.07) is 14.2. The number of H-pyrrole nitrogens is 2. The van der Waals surface area contributed by atoms with E-state index in [1.165, 1.54) is 7.11 Å². The van der Waals surface area contributed by atoms with E-state index in [1.54, 1.807) is 4.90 Å². The summed E-state index contributed by atoms with van der Waals surface area (Å²) in [4.78, 5) is 70.7. The Kier molecular flexibility index (Phi) is 11.6. The van der Waals surface area contributed by atoms with Gasteiger partial charge in [0.15, 0.2) is 0 Å². The number of benzene rings is 2. The van der Waals surface area contributed by atoms with Crippen LogP contribution in [-0.4, -0.2) is 90.1 Å². The summed E-state index contributed by atoms with van der Waals surface area (Å²) in [7, 11) is 1.29.